The Morgan fingerprint density at radius 3 is 2.68 bits per heavy atom. The number of nitrogens with zero attached hydrogens (tertiary/aromatic N) is 1. The Balaban J connectivity index is 1.49. The predicted molar refractivity (Wildman–Crippen MR) is 134 cm³/mol. The topological polar surface area (TPSA) is 71.3 Å². The summed E-state index contributed by atoms with van der Waals surface area (Å²) in [5, 5.41) is 15.0. The quantitative estimate of drug-likeness (QED) is 0.350. The Morgan fingerprint density at radius 1 is 1.09 bits per heavy atom. The lowest BCUT2D eigenvalue weighted by atomic mass is 9.86. The van der Waals surface area contributed by atoms with E-state index in [1.165, 1.54) is 11.8 Å². The molecule has 1 aliphatic rings. The molecule has 1 N–H and O–H groups in total. The van der Waals surface area contributed by atoms with Crippen molar-refractivity contribution in [1.82, 2.24) is 5.32 Å². The number of benzene rings is 3. The summed E-state index contributed by atoms with van der Waals surface area (Å²) in [6.07, 6.45) is 5.97. The van der Waals surface area contributed by atoms with Crippen molar-refractivity contribution in [3.8, 4) is 17.6 Å². The molecule has 5 nitrogen and oxygen atoms in total. The maximum atomic E-state index is 12.7. The molecule has 4 rings (SSSR count). The zero-order valence-corrected chi connectivity index (χ0v) is 19.7. The van der Waals surface area contributed by atoms with Gasteiger partial charge in [-0.1, -0.05) is 68.3 Å². The van der Waals surface area contributed by atoms with Gasteiger partial charge in [0.25, 0.3) is 5.91 Å². The van der Waals surface area contributed by atoms with E-state index in [2.05, 4.69) is 36.5 Å². The molecule has 0 heterocycles. The molecule has 1 saturated carbocycles. The third-order valence-electron chi connectivity index (χ3n) is 6.55. The summed E-state index contributed by atoms with van der Waals surface area (Å²) < 4.78 is 11.6. The van der Waals surface area contributed by atoms with E-state index in [1.54, 1.807) is 19.3 Å². The van der Waals surface area contributed by atoms with Crippen LogP contribution in [0.25, 0.3) is 16.8 Å². The fraction of sp³-hybridized carbons (Fsp3) is 0.310. The lowest BCUT2D eigenvalue weighted by Gasteiger charge is -2.29. The minimum atomic E-state index is -0.323. The molecule has 2 atom stereocenters. The summed E-state index contributed by atoms with van der Waals surface area (Å²) in [4.78, 5) is 12.7. The number of fused-ring (bicyclic) bond motifs is 1. The van der Waals surface area contributed by atoms with Crippen molar-refractivity contribution in [2.75, 3.05) is 7.11 Å². The van der Waals surface area contributed by atoms with Crippen LogP contribution in [-0.4, -0.2) is 19.1 Å². The second kappa shape index (κ2) is 10.9. The molecule has 174 valence electrons. The highest BCUT2D eigenvalue weighted by molar-refractivity contribution is 6.01. The molecule has 0 unspecified atom stereocenters. The summed E-state index contributed by atoms with van der Waals surface area (Å²) in [7, 11) is 1.58. The Kier molecular flexibility index (Phi) is 7.49. The SMILES string of the molecule is COc1cc(/C=C(\C#N)C(=O)N[C@H]2CCCC[C@@H]2C)ccc1OCc1cccc2ccccc12. The van der Waals surface area contributed by atoms with Crippen LogP contribution in [0.3, 0.4) is 0 Å². The van der Waals surface area contributed by atoms with Crippen LogP contribution in [0.5, 0.6) is 11.5 Å². The first-order valence-corrected chi connectivity index (χ1v) is 11.8. The van der Waals surface area contributed by atoms with E-state index < -0.39 is 0 Å². The molecule has 5 heteroatoms. The van der Waals surface area contributed by atoms with Crippen molar-refractivity contribution in [3.63, 3.8) is 0 Å². The summed E-state index contributed by atoms with van der Waals surface area (Å²) in [5.41, 5.74) is 1.88. The second-order valence-corrected chi connectivity index (χ2v) is 8.85. The fourth-order valence-corrected chi connectivity index (χ4v) is 4.56. The van der Waals surface area contributed by atoms with Gasteiger partial charge in [-0.3, -0.25) is 4.79 Å². The van der Waals surface area contributed by atoms with Crippen LogP contribution >= 0.6 is 0 Å². The van der Waals surface area contributed by atoms with Gasteiger partial charge in [0.05, 0.1) is 7.11 Å². The smallest absolute Gasteiger partial charge is 0.262 e. The lowest BCUT2D eigenvalue weighted by molar-refractivity contribution is -0.118. The second-order valence-electron chi connectivity index (χ2n) is 8.85. The van der Waals surface area contributed by atoms with E-state index in [1.807, 2.05) is 36.4 Å². The minimum absolute atomic E-state index is 0.0873. The van der Waals surface area contributed by atoms with Gasteiger partial charge in [-0.2, -0.15) is 5.26 Å². The molecule has 0 radical (unpaired) electrons. The number of nitriles is 1. The number of carbonyl (C=O) groups excluding carboxylic acids is 1. The maximum absolute atomic E-state index is 12.7. The van der Waals surface area contributed by atoms with Crippen molar-refractivity contribution in [1.29, 1.82) is 5.26 Å². The number of rotatable bonds is 7. The molecule has 0 bridgehead atoms. The van der Waals surface area contributed by atoms with Crippen LogP contribution < -0.4 is 14.8 Å². The van der Waals surface area contributed by atoms with Crippen LogP contribution in [0.1, 0.15) is 43.7 Å². The van der Waals surface area contributed by atoms with E-state index in [9.17, 15) is 10.1 Å². The maximum Gasteiger partial charge on any atom is 0.262 e. The first kappa shape index (κ1) is 23.4. The average Bonchev–Trinajstić information content (AvgIpc) is 2.87. The van der Waals surface area contributed by atoms with E-state index in [0.717, 1.165) is 30.2 Å². The molecule has 3 aromatic rings. The Labute approximate surface area is 201 Å². The van der Waals surface area contributed by atoms with Gasteiger partial charge in [-0.15, -0.1) is 0 Å². The number of amides is 1. The van der Waals surface area contributed by atoms with Crippen molar-refractivity contribution >= 4 is 22.8 Å². The van der Waals surface area contributed by atoms with Gasteiger partial charge in [0.15, 0.2) is 11.5 Å². The molecule has 0 aliphatic heterocycles. The number of nitrogens with one attached hydrogen (secondary N) is 1. The molecule has 0 saturated heterocycles. The van der Waals surface area contributed by atoms with Gasteiger partial charge in [0, 0.05) is 6.04 Å². The summed E-state index contributed by atoms with van der Waals surface area (Å²) in [6.45, 7) is 2.56. The summed E-state index contributed by atoms with van der Waals surface area (Å²) in [5.74, 6) is 1.26. The molecule has 1 aliphatic carbocycles. The van der Waals surface area contributed by atoms with E-state index in [0.29, 0.717) is 29.6 Å². The molecule has 34 heavy (non-hydrogen) atoms. The van der Waals surface area contributed by atoms with Gasteiger partial charge in [0.1, 0.15) is 18.2 Å². The summed E-state index contributed by atoms with van der Waals surface area (Å²) >= 11 is 0. The number of hydrogen-bond donors (Lipinski definition) is 1. The zero-order chi connectivity index (χ0) is 23.9. The monoisotopic (exact) mass is 454 g/mol. The number of ether oxygens (including phenoxy) is 2. The molecule has 1 amide bonds. The fourth-order valence-electron chi connectivity index (χ4n) is 4.56. The first-order chi connectivity index (χ1) is 16.6. The van der Waals surface area contributed by atoms with Gasteiger partial charge < -0.3 is 14.8 Å². The number of carbonyl (C=O) groups is 1. The number of methoxy groups -OCH3 is 1. The highest BCUT2D eigenvalue weighted by Gasteiger charge is 2.24. The van der Waals surface area contributed by atoms with Crippen LogP contribution in [0.15, 0.2) is 66.2 Å². The Bertz CT molecular complexity index is 1240. The Hall–Kier alpha value is -3.78. The summed E-state index contributed by atoms with van der Waals surface area (Å²) in [6, 6.07) is 22.0. The molecule has 3 aromatic carbocycles. The van der Waals surface area contributed by atoms with Crippen molar-refractivity contribution in [2.24, 2.45) is 5.92 Å². The third-order valence-corrected chi connectivity index (χ3v) is 6.55. The van der Waals surface area contributed by atoms with Crippen molar-refractivity contribution in [3.05, 3.63) is 77.4 Å². The van der Waals surface area contributed by atoms with Crippen molar-refractivity contribution in [2.45, 2.75) is 45.3 Å². The average molecular weight is 455 g/mol. The highest BCUT2D eigenvalue weighted by atomic mass is 16.5. The van der Waals surface area contributed by atoms with Gasteiger partial charge in [-0.05, 0) is 58.9 Å². The van der Waals surface area contributed by atoms with Crippen LogP contribution in [-0.2, 0) is 11.4 Å². The van der Waals surface area contributed by atoms with Gasteiger partial charge in [0.2, 0.25) is 0 Å². The minimum Gasteiger partial charge on any atom is -0.493 e. The molecule has 0 aromatic heterocycles. The largest absolute Gasteiger partial charge is 0.493 e. The first-order valence-electron chi connectivity index (χ1n) is 11.8. The molecule has 1 fully saturated rings. The van der Waals surface area contributed by atoms with Crippen LogP contribution in [0, 0.1) is 17.2 Å². The normalized spacial score (nSPS) is 18.2. The van der Waals surface area contributed by atoms with E-state index in [4.69, 9.17) is 9.47 Å². The van der Waals surface area contributed by atoms with Gasteiger partial charge >= 0.3 is 0 Å². The molecular weight excluding hydrogens is 424 g/mol. The van der Waals surface area contributed by atoms with E-state index >= 15 is 0 Å². The lowest BCUT2D eigenvalue weighted by Crippen LogP contribution is -2.41. The molecule has 0 spiro atoms. The zero-order valence-electron chi connectivity index (χ0n) is 19.7. The van der Waals surface area contributed by atoms with Crippen molar-refractivity contribution < 1.29 is 14.3 Å². The number of hydrogen-bond acceptors (Lipinski definition) is 4. The highest BCUT2D eigenvalue weighted by Crippen LogP contribution is 2.31. The standard InChI is InChI=1S/C29H30N2O3/c1-20-8-3-6-13-26(20)31-29(32)24(18-30)16-21-14-15-27(28(17-21)33-2)34-19-23-11-7-10-22-9-4-5-12-25(22)23/h4-5,7,9-12,14-17,20,26H,3,6,8,13,19H2,1-2H3,(H,31,32)/b24-16+/t20-,26-/m0/s1. The van der Waals surface area contributed by atoms with Gasteiger partial charge in [-0.25, -0.2) is 0 Å². The predicted octanol–water partition coefficient (Wildman–Crippen LogP) is 6.03. The van der Waals surface area contributed by atoms with E-state index in [-0.39, 0.29) is 17.5 Å². The Morgan fingerprint density at radius 2 is 1.88 bits per heavy atom. The molecular formula is C29H30N2O3. The van der Waals surface area contributed by atoms with Crippen LogP contribution in [0.2, 0.25) is 0 Å². The van der Waals surface area contributed by atoms with Crippen LogP contribution in [0.4, 0.5) is 0 Å². The third kappa shape index (κ3) is 5.40.